The first-order chi connectivity index (χ1) is 13.9. The lowest BCUT2D eigenvalue weighted by Crippen LogP contribution is -2.33. The monoisotopic (exact) mass is 429 g/mol. The van der Waals surface area contributed by atoms with E-state index in [9.17, 15) is 18.0 Å². The van der Waals surface area contributed by atoms with Crippen molar-refractivity contribution in [2.45, 2.75) is 11.3 Å². The second kappa shape index (κ2) is 6.43. The van der Waals surface area contributed by atoms with Gasteiger partial charge in [0, 0.05) is 5.02 Å². The first kappa shape index (κ1) is 18.4. The maximum absolute atomic E-state index is 13.1. The lowest BCUT2D eigenvalue weighted by Gasteiger charge is -2.20. The van der Waals surface area contributed by atoms with E-state index < -0.39 is 10.1 Å². The van der Waals surface area contributed by atoms with Gasteiger partial charge in [0.05, 0.1) is 17.5 Å². The molecule has 148 valence electrons. The number of imide groups is 1. The summed E-state index contributed by atoms with van der Waals surface area (Å²) in [7, 11) is -4.17. The van der Waals surface area contributed by atoms with E-state index in [-0.39, 0.29) is 51.8 Å². The number of nitrogens with zero attached hydrogens (tertiary/aromatic N) is 1. The fraction of sp³-hybridized carbons (Fsp3) is 0.238. The molecule has 1 aliphatic heterocycles. The van der Waals surface area contributed by atoms with Crippen LogP contribution in [0.15, 0.2) is 65.6 Å². The van der Waals surface area contributed by atoms with Crippen LogP contribution in [-0.4, -0.2) is 20.2 Å². The summed E-state index contributed by atoms with van der Waals surface area (Å²) in [4.78, 5) is 27.1. The Morgan fingerprint density at radius 1 is 0.897 bits per heavy atom. The van der Waals surface area contributed by atoms with E-state index >= 15 is 0 Å². The molecule has 3 aliphatic rings. The molecule has 2 fully saturated rings. The topological polar surface area (TPSA) is 80.8 Å². The molecule has 4 atom stereocenters. The predicted octanol–water partition coefficient (Wildman–Crippen LogP) is 3.42. The van der Waals surface area contributed by atoms with Gasteiger partial charge in [0.2, 0.25) is 11.8 Å². The molecule has 1 heterocycles. The van der Waals surface area contributed by atoms with E-state index in [2.05, 4.69) is 0 Å². The molecule has 0 unspecified atom stereocenters. The standard InChI is InChI=1S/C21H16ClNO5S/c22-14-7-9-15(10-8-14)29(26,27)28-17-4-2-1-3-16(17)23-20(24)18-12-5-6-13(11-12)19(18)21(23)25/h1-10,12-13,18-19H,11H2/t12-,13-,18+,19+/m0/s1. The van der Waals surface area contributed by atoms with Crippen LogP contribution in [0.25, 0.3) is 0 Å². The number of hydrogen-bond donors (Lipinski definition) is 0. The Morgan fingerprint density at radius 3 is 2.10 bits per heavy atom. The van der Waals surface area contributed by atoms with Gasteiger partial charge in [-0.15, -0.1) is 0 Å². The average Bonchev–Trinajstić information content (AvgIpc) is 3.37. The number of rotatable bonds is 4. The lowest BCUT2D eigenvalue weighted by atomic mass is 9.85. The fourth-order valence-corrected chi connectivity index (χ4v) is 5.69. The van der Waals surface area contributed by atoms with Crippen LogP contribution < -0.4 is 9.08 Å². The van der Waals surface area contributed by atoms with E-state index in [4.69, 9.17) is 15.8 Å². The molecule has 2 bridgehead atoms. The van der Waals surface area contributed by atoms with Crippen molar-refractivity contribution < 1.29 is 22.2 Å². The van der Waals surface area contributed by atoms with Crippen LogP contribution in [0.5, 0.6) is 5.75 Å². The number of hydrogen-bond acceptors (Lipinski definition) is 5. The zero-order valence-electron chi connectivity index (χ0n) is 15.1. The Balaban J connectivity index is 1.50. The van der Waals surface area contributed by atoms with Gasteiger partial charge in [-0.3, -0.25) is 9.59 Å². The van der Waals surface area contributed by atoms with E-state index in [1.807, 2.05) is 12.2 Å². The summed E-state index contributed by atoms with van der Waals surface area (Å²) in [6.45, 7) is 0. The molecular weight excluding hydrogens is 414 g/mol. The number of benzene rings is 2. The lowest BCUT2D eigenvalue weighted by molar-refractivity contribution is -0.123. The van der Waals surface area contributed by atoms with E-state index in [1.54, 1.807) is 12.1 Å². The van der Waals surface area contributed by atoms with Gasteiger partial charge in [0.15, 0.2) is 5.75 Å². The van der Waals surface area contributed by atoms with Crippen LogP contribution in [-0.2, 0) is 19.7 Å². The van der Waals surface area contributed by atoms with Gasteiger partial charge in [0.1, 0.15) is 4.90 Å². The van der Waals surface area contributed by atoms with E-state index in [1.165, 1.54) is 36.4 Å². The third-order valence-electron chi connectivity index (χ3n) is 5.88. The largest absolute Gasteiger partial charge is 0.377 e. The normalized spacial score (nSPS) is 27.6. The minimum Gasteiger partial charge on any atom is -0.377 e. The molecule has 2 amide bonds. The third-order valence-corrected chi connectivity index (χ3v) is 7.38. The van der Waals surface area contributed by atoms with Crippen LogP contribution in [0.3, 0.4) is 0 Å². The smallest absolute Gasteiger partial charge is 0.339 e. The number of halogens is 1. The third kappa shape index (κ3) is 2.80. The number of carbonyl (C=O) groups is 2. The molecule has 8 heteroatoms. The first-order valence-electron chi connectivity index (χ1n) is 9.22. The molecule has 1 saturated carbocycles. The number of para-hydroxylation sites is 2. The Labute approximate surface area is 172 Å². The van der Waals surface area contributed by atoms with Gasteiger partial charge in [-0.1, -0.05) is 35.9 Å². The molecule has 0 N–H and O–H groups in total. The Bertz CT molecular complexity index is 1130. The minimum absolute atomic E-state index is 0.0653. The molecule has 2 aromatic carbocycles. The Kier molecular flexibility index (Phi) is 4.08. The van der Waals surface area contributed by atoms with Crippen molar-refractivity contribution in [3.63, 3.8) is 0 Å². The molecule has 29 heavy (non-hydrogen) atoms. The summed E-state index contributed by atoms with van der Waals surface area (Å²) >= 11 is 5.82. The second-order valence-corrected chi connectivity index (χ2v) is 9.45. The molecule has 1 saturated heterocycles. The quantitative estimate of drug-likeness (QED) is 0.422. The Hall–Kier alpha value is -2.64. The highest BCUT2D eigenvalue weighted by Crippen LogP contribution is 2.54. The van der Waals surface area contributed by atoms with Crippen LogP contribution in [0, 0.1) is 23.7 Å². The maximum Gasteiger partial charge on any atom is 0.339 e. The summed E-state index contributed by atoms with van der Waals surface area (Å²) < 4.78 is 30.7. The van der Waals surface area contributed by atoms with Crippen LogP contribution >= 0.6 is 11.6 Å². The highest BCUT2D eigenvalue weighted by atomic mass is 35.5. The molecule has 2 aromatic rings. The van der Waals surface area contributed by atoms with Crippen molar-refractivity contribution in [2.75, 3.05) is 4.90 Å². The molecule has 0 radical (unpaired) electrons. The number of allylic oxidation sites excluding steroid dienone is 2. The summed E-state index contributed by atoms with van der Waals surface area (Å²) in [6.07, 6.45) is 4.84. The van der Waals surface area contributed by atoms with E-state index in [0.29, 0.717) is 5.02 Å². The summed E-state index contributed by atoms with van der Waals surface area (Å²) in [6, 6.07) is 11.7. The number of amides is 2. The molecule has 0 aromatic heterocycles. The summed E-state index contributed by atoms with van der Waals surface area (Å²) in [5.41, 5.74) is 0.147. The average molecular weight is 430 g/mol. The highest BCUT2D eigenvalue weighted by molar-refractivity contribution is 7.87. The zero-order chi connectivity index (χ0) is 20.3. The van der Waals surface area contributed by atoms with Crippen molar-refractivity contribution in [3.05, 3.63) is 65.7 Å². The molecule has 2 aliphatic carbocycles. The maximum atomic E-state index is 13.1. The van der Waals surface area contributed by atoms with Gasteiger partial charge in [-0.2, -0.15) is 8.42 Å². The predicted molar refractivity (Wildman–Crippen MR) is 106 cm³/mol. The zero-order valence-corrected chi connectivity index (χ0v) is 16.6. The van der Waals surface area contributed by atoms with Crippen molar-refractivity contribution in [3.8, 4) is 5.75 Å². The number of fused-ring (bicyclic) bond motifs is 5. The number of carbonyl (C=O) groups excluding carboxylic acids is 2. The highest BCUT2D eigenvalue weighted by Gasteiger charge is 2.60. The fourth-order valence-electron chi connectivity index (χ4n) is 4.62. The van der Waals surface area contributed by atoms with Crippen LogP contribution in [0.2, 0.25) is 5.02 Å². The van der Waals surface area contributed by atoms with Crippen molar-refractivity contribution >= 4 is 39.2 Å². The SMILES string of the molecule is O=C1[C@H]2[C@H](C(=O)N1c1ccccc1OS(=O)(=O)c1ccc(Cl)cc1)[C@H]1C=C[C@H]2C1. The van der Waals surface area contributed by atoms with Crippen molar-refractivity contribution in [2.24, 2.45) is 23.7 Å². The van der Waals surface area contributed by atoms with E-state index in [0.717, 1.165) is 11.3 Å². The van der Waals surface area contributed by atoms with Gasteiger partial charge >= 0.3 is 10.1 Å². The van der Waals surface area contributed by atoms with Gasteiger partial charge in [0.25, 0.3) is 0 Å². The molecular formula is C21H16ClNO5S. The minimum atomic E-state index is -4.17. The summed E-state index contributed by atoms with van der Waals surface area (Å²) in [5, 5.41) is 0.396. The van der Waals surface area contributed by atoms with Crippen molar-refractivity contribution in [1.29, 1.82) is 0 Å². The van der Waals surface area contributed by atoms with Gasteiger partial charge in [-0.25, -0.2) is 4.90 Å². The van der Waals surface area contributed by atoms with Gasteiger partial charge < -0.3 is 4.18 Å². The van der Waals surface area contributed by atoms with Crippen LogP contribution in [0.4, 0.5) is 5.69 Å². The molecule has 6 nitrogen and oxygen atoms in total. The van der Waals surface area contributed by atoms with Crippen LogP contribution in [0.1, 0.15) is 6.42 Å². The molecule has 0 spiro atoms. The van der Waals surface area contributed by atoms with Gasteiger partial charge in [-0.05, 0) is 54.7 Å². The Morgan fingerprint density at radius 2 is 1.48 bits per heavy atom. The molecule has 5 rings (SSSR count). The first-order valence-corrected chi connectivity index (χ1v) is 11.0. The summed E-state index contributed by atoms with van der Waals surface area (Å²) in [5.74, 6) is -1.27. The second-order valence-electron chi connectivity index (χ2n) is 7.47. The van der Waals surface area contributed by atoms with Crippen molar-refractivity contribution in [1.82, 2.24) is 0 Å². The number of anilines is 1.